The van der Waals surface area contributed by atoms with Crippen LogP contribution in [0.4, 0.5) is 5.82 Å². The third-order valence-electron chi connectivity index (χ3n) is 7.42. The number of imidazole rings is 1. The molecule has 6 heterocycles. The Morgan fingerprint density at radius 2 is 1.86 bits per heavy atom. The van der Waals surface area contributed by atoms with E-state index in [0.717, 1.165) is 98.3 Å². The number of ether oxygens (including phenoxy) is 2. The molecule has 3 aliphatic rings. The van der Waals surface area contributed by atoms with E-state index in [0.29, 0.717) is 25.1 Å². The van der Waals surface area contributed by atoms with Crippen molar-refractivity contribution < 1.29 is 9.47 Å². The van der Waals surface area contributed by atoms with Crippen LogP contribution < -0.4 is 4.90 Å². The maximum Gasteiger partial charge on any atom is 0.164 e. The Kier molecular flexibility index (Phi) is 5.38. The summed E-state index contributed by atoms with van der Waals surface area (Å²) in [5, 5.41) is 1.12. The van der Waals surface area contributed by atoms with Gasteiger partial charge in [0.25, 0.3) is 0 Å². The van der Waals surface area contributed by atoms with Crippen molar-refractivity contribution in [1.82, 2.24) is 34.7 Å². The smallest absolute Gasteiger partial charge is 0.164 e. The largest absolute Gasteiger partial charge is 0.378 e. The van der Waals surface area contributed by atoms with Crippen molar-refractivity contribution in [3.8, 4) is 11.4 Å². The van der Waals surface area contributed by atoms with Gasteiger partial charge in [0.15, 0.2) is 22.8 Å². The first-order valence-electron chi connectivity index (χ1n) is 12.5. The van der Waals surface area contributed by atoms with Gasteiger partial charge in [-0.25, -0.2) is 15.0 Å². The molecule has 4 aromatic rings. The first kappa shape index (κ1) is 21.3. The van der Waals surface area contributed by atoms with E-state index in [-0.39, 0.29) is 0 Å². The predicted octanol–water partition coefficient (Wildman–Crippen LogP) is 1.85. The van der Waals surface area contributed by atoms with E-state index in [1.165, 1.54) is 0 Å². The van der Waals surface area contributed by atoms with Crippen LogP contribution in [0.15, 0.2) is 30.5 Å². The lowest BCUT2D eigenvalue weighted by molar-refractivity contribution is -0.0465. The molecule has 0 saturated carbocycles. The summed E-state index contributed by atoms with van der Waals surface area (Å²) in [6, 6.07) is 8.76. The van der Waals surface area contributed by atoms with E-state index < -0.39 is 0 Å². The van der Waals surface area contributed by atoms with Crippen molar-refractivity contribution in [2.45, 2.75) is 12.6 Å². The van der Waals surface area contributed by atoms with Crippen LogP contribution in [-0.4, -0.2) is 106 Å². The second kappa shape index (κ2) is 8.87. The average Bonchev–Trinajstić information content (AvgIpc) is 3.55. The molecular weight excluding hydrogens is 444 g/mol. The number of fused-ring (bicyclic) bond motifs is 3. The van der Waals surface area contributed by atoms with Crippen molar-refractivity contribution >= 4 is 27.9 Å². The van der Waals surface area contributed by atoms with Gasteiger partial charge < -0.3 is 24.3 Å². The summed E-state index contributed by atoms with van der Waals surface area (Å²) in [4.78, 5) is 29.2. The number of hydrogen-bond donors (Lipinski definition) is 2. The molecule has 35 heavy (non-hydrogen) atoms. The van der Waals surface area contributed by atoms with Crippen LogP contribution in [0.1, 0.15) is 5.82 Å². The van der Waals surface area contributed by atoms with Gasteiger partial charge in [-0.3, -0.25) is 9.80 Å². The molecule has 0 unspecified atom stereocenters. The highest BCUT2D eigenvalue weighted by Gasteiger charge is 2.30. The number of nitrogens with one attached hydrogen (secondary N) is 2. The highest BCUT2D eigenvalue weighted by molar-refractivity contribution is 5.95. The van der Waals surface area contributed by atoms with Gasteiger partial charge >= 0.3 is 0 Å². The lowest BCUT2D eigenvalue weighted by Gasteiger charge is -2.43. The number of hydrogen-bond acceptors (Lipinski definition) is 8. The standard InChI is InChI=1S/C25H30N8O2/c1-2-19(18-4-5-26-20(18)3-1)23-29-24-22(25(30-23)33-9-11-34-12-10-33)27-21(28-24)15-31-6-7-32-8-13-35-16-17(32)14-31/h1-5,17,26H,6-16H2,(H,27,28,29,30)/t17-/m1/s1. The summed E-state index contributed by atoms with van der Waals surface area (Å²) in [5.41, 5.74) is 3.73. The molecule has 1 atom stereocenters. The number of anilines is 1. The molecule has 2 N–H and O–H groups in total. The zero-order valence-corrected chi connectivity index (χ0v) is 19.7. The molecule has 10 nitrogen and oxygen atoms in total. The van der Waals surface area contributed by atoms with Crippen molar-refractivity contribution in [2.75, 3.05) is 70.6 Å². The molecular formula is C25H30N8O2. The number of aromatic nitrogens is 5. The number of rotatable bonds is 4. The molecule has 182 valence electrons. The van der Waals surface area contributed by atoms with Crippen molar-refractivity contribution in [3.63, 3.8) is 0 Å². The highest BCUT2D eigenvalue weighted by atomic mass is 16.5. The van der Waals surface area contributed by atoms with Gasteiger partial charge in [-0.05, 0) is 12.1 Å². The Balaban J connectivity index is 1.25. The number of H-pyrrole nitrogens is 2. The predicted molar refractivity (Wildman–Crippen MR) is 133 cm³/mol. The van der Waals surface area contributed by atoms with Crippen LogP contribution in [0.2, 0.25) is 0 Å². The summed E-state index contributed by atoms with van der Waals surface area (Å²) >= 11 is 0. The molecule has 0 radical (unpaired) electrons. The molecule has 10 heteroatoms. The van der Waals surface area contributed by atoms with Gasteiger partial charge in [0.05, 0.1) is 33.0 Å². The molecule has 3 aromatic heterocycles. The third kappa shape index (κ3) is 3.96. The first-order valence-corrected chi connectivity index (χ1v) is 12.5. The summed E-state index contributed by atoms with van der Waals surface area (Å²) in [6.07, 6.45) is 1.96. The second-order valence-electron chi connectivity index (χ2n) is 9.60. The fraction of sp³-hybridized carbons (Fsp3) is 0.480. The Morgan fingerprint density at radius 1 is 0.943 bits per heavy atom. The minimum atomic E-state index is 0.471. The summed E-state index contributed by atoms with van der Waals surface area (Å²) in [7, 11) is 0. The molecule has 3 fully saturated rings. The summed E-state index contributed by atoms with van der Waals surface area (Å²) < 4.78 is 11.3. The quantitative estimate of drug-likeness (QED) is 0.463. The number of morpholine rings is 2. The molecule has 3 saturated heterocycles. The lowest BCUT2D eigenvalue weighted by atomic mass is 10.1. The summed E-state index contributed by atoms with van der Waals surface area (Å²) in [5.74, 6) is 2.53. The Bertz CT molecular complexity index is 1340. The summed E-state index contributed by atoms with van der Waals surface area (Å²) in [6.45, 7) is 9.58. The third-order valence-corrected chi connectivity index (χ3v) is 7.42. The van der Waals surface area contributed by atoms with Crippen LogP contribution >= 0.6 is 0 Å². The normalized spacial score (nSPS) is 22.2. The van der Waals surface area contributed by atoms with Gasteiger partial charge in [-0.1, -0.05) is 12.1 Å². The minimum absolute atomic E-state index is 0.471. The van der Waals surface area contributed by atoms with Crippen LogP contribution in [0.3, 0.4) is 0 Å². The Hall–Kier alpha value is -3.05. The first-order chi connectivity index (χ1) is 17.3. The number of benzene rings is 1. The fourth-order valence-electron chi connectivity index (χ4n) is 5.57. The van der Waals surface area contributed by atoms with Gasteiger partial charge in [0.2, 0.25) is 0 Å². The molecule has 0 spiro atoms. The van der Waals surface area contributed by atoms with Crippen molar-refractivity contribution in [2.24, 2.45) is 0 Å². The van der Waals surface area contributed by atoms with Gasteiger partial charge in [-0.15, -0.1) is 0 Å². The molecule has 0 bridgehead atoms. The highest BCUT2D eigenvalue weighted by Crippen LogP contribution is 2.31. The molecule has 7 rings (SSSR count). The molecule has 0 amide bonds. The van der Waals surface area contributed by atoms with E-state index in [9.17, 15) is 0 Å². The van der Waals surface area contributed by atoms with Gasteiger partial charge in [0, 0.05) is 68.0 Å². The van der Waals surface area contributed by atoms with E-state index in [1.807, 2.05) is 12.3 Å². The topological polar surface area (TPSA) is 98.4 Å². The SMILES string of the molecule is c1cc(-c2nc(N3CCOCC3)c3nc(CN4CCN5CCOC[C@H]5C4)[nH]c3n2)c2cc[nH]c2c1. The molecule has 0 aliphatic carbocycles. The fourth-order valence-corrected chi connectivity index (χ4v) is 5.57. The second-order valence-corrected chi connectivity index (χ2v) is 9.60. The van der Waals surface area contributed by atoms with Crippen LogP contribution in [0.5, 0.6) is 0 Å². The van der Waals surface area contributed by atoms with Gasteiger partial charge in [0.1, 0.15) is 5.82 Å². The minimum Gasteiger partial charge on any atom is -0.378 e. The van der Waals surface area contributed by atoms with Crippen LogP contribution in [0, 0.1) is 0 Å². The lowest BCUT2D eigenvalue weighted by Crippen LogP contribution is -2.57. The average molecular weight is 475 g/mol. The maximum atomic E-state index is 5.72. The maximum absolute atomic E-state index is 5.72. The molecule has 1 aromatic carbocycles. The van der Waals surface area contributed by atoms with E-state index in [1.54, 1.807) is 0 Å². The molecule has 3 aliphatic heterocycles. The Labute approximate surface area is 203 Å². The monoisotopic (exact) mass is 474 g/mol. The van der Waals surface area contributed by atoms with Crippen molar-refractivity contribution in [3.05, 3.63) is 36.3 Å². The number of aromatic amines is 2. The zero-order valence-electron chi connectivity index (χ0n) is 19.7. The van der Waals surface area contributed by atoms with Crippen LogP contribution in [0.25, 0.3) is 33.5 Å². The number of nitrogens with zero attached hydrogens (tertiary/aromatic N) is 6. The van der Waals surface area contributed by atoms with Crippen molar-refractivity contribution in [1.29, 1.82) is 0 Å². The van der Waals surface area contributed by atoms with Gasteiger partial charge in [-0.2, -0.15) is 0 Å². The van der Waals surface area contributed by atoms with E-state index in [2.05, 4.69) is 42.9 Å². The zero-order chi connectivity index (χ0) is 23.2. The van der Waals surface area contributed by atoms with E-state index in [4.69, 9.17) is 24.4 Å². The Morgan fingerprint density at radius 3 is 2.80 bits per heavy atom. The van der Waals surface area contributed by atoms with Crippen LogP contribution in [-0.2, 0) is 16.0 Å². The van der Waals surface area contributed by atoms with E-state index >= 15 is 0 Å². The number of piperazine rings is 1.